The van der Waals surface area contributed by atoms with E-state index in [4.69, 9.17) is 9.73 Å². The third-order valence-electron chi connectivity index (χ3n) is 5.00. The Morgan fingerprint density at radius 2 is 2.00 bits per heavy atom. The summed E-state index contributed by atoms with van der Waals surface area (Å²) in [5.74, 6) is -0.457. The minimum Gasteiger partial charge on any atom is -0.462 e. The number of benzene rings is 1. The number of para-hydroxylation sites is 1. The van der Waals surface area contributed by atoms with Gasteiger partial charge in [0.2, 0.25) is 0 Å². The second-order valence-corrected chi connectivity index (χ2v) is 7.85. The number of fused-ring (bicyclic) bond motifs is 3. The molecule has 0 aliphatic carbocycles. The van der Waals surface area contributed by atoms with Gasteiger partial charge in [-0.1, -0.05) is 30.0 Å². The predicted octanol–water partition coefficient (Wildman–Crippen LogP) is 4.16. The molecule has 0 spiro atoms. The van der Waals surface area contributed by atoms with Gasteiger partial charge in [-0.25, -0.2) is 14.8 Å². The van der Waals surface area contributed by atoms with Crippen molar-refractivity contribution in [2.45, 2.75) is 33.2 Å². The lowest BCUT2D eigenvalue weighted by Crippen LogP contribution is -2.28. The molecule has 1 aromatic heterocycles. The monoisotopic (exact) mass is 410 g/mol. The van der Waals surface area contributed by atoms with Crippen LogP contribution in [0.4, 0.5) is 5.69 Å². The molecule has 29 heavy (non-hydrogen) atoms. The van der Waals surface area contributed by atoms with Crippen LogP contribution in [0, 0.1) is 13.8 Å². The number of rotatable bonds is 5. The van der Waals surface area contributed by atoms with E-state index in [9.17, 15) is 9.59 Å². The molecule has 7 nitrogen and oxygen atoms in total. The summed E-state index contributed by atoms with van der Waals surface area (Å²) in [6.45, 7) is 5.57. The fourth-order valence-electron chi connectivity index (χ4n) is 3.77. The number of aromatic amines is 1. The average molecular weight is 410 g/mol. The van der Waals surface area contributed by atoms with Crippen molar-refractivity contribution in [3.8, 4) is 0 Å². The summed E-state index contributed by atoms with van der Waals surface area (Å²) < 4.78 is 5.13. The number of hydrogen-bond donors (Lipinski definition) is 1. The molecule has 1 aromatic carbocycles. The summed E-state index contributed by atoms with van der Waals surface area (Å²) in [6.07, 6.45) is 2.69. The lowest BCUT2D eigenvalue weighted by atomic mass is 10.0. The van der Waals surface area contributed by atoms with E-state index in [1.807, 2.05) is 29.4 Å². The smallest absolute Gasteiger partial charge is 0.340 e. The molecule has 0 radical (unpaired) electrons. The highest BCUT2D eigenvalue weighted by molar-refractivity contribution is 8.14. The molecule has 0 fully saturated rings. The number of aromatic nitrogens is 1. The molecule has 0 saturated carbocycles. The van der Waals surface area contributed by atoms with Gasteiger partial charge in [-0.2, -0.15) is 5.10 Å². The van der Waals surface area contributed by atoms with Crippen molar-refractivity contribution in [2.75, 3.05) is 12.4 Å². The summed E-state index contributed by atoms with van der Waals surface area (Å²) >= 11 is 1.34. The number of nitrogens with one attached hydrogen (secondary N) is 1. The first kappa shape index (κ1) is 19.4. The number of ether oxygens (including phenoxy) is 1. The second-order valence-electron chi connectivity index (χ2n) is 6.90. The van der Waals surface area contributed by atoms with Gasteiger partial charge in [0.05, 0.1) is 35.2 Å². The zero-order valence-electron chi connectivity index (χ0n) is 16.6. The van der Waals surface area contributed by atoms with Gasteiger partial charge in [0.15, 0.2) is 11.0 Å². The number of nitrogens with zero attached hydrogens (tertiary/aromatic N) is 3. The third kappa shape index (κ3) is 3.48. The molecule has 1 N–H and O–H groups in total. The Labute approximate surface area is 173 Å². The van der Waals surface area contributed by atoms with Crippen LogP contribution in [0.25, 0.3) is 0 Å². The fraction of sp³-hybridized carbons (Fsp3) is 0.333. The van der Waals surface area contributed by atoms with E-state index < -0.39 is 5.97 Å². The van der Waals surface area contributed by atoms with Crippen molar-refractivity contribution in [1.29, 1.82) is 0 Å². The van der Waals surface area contributed by atoms with E-state index in [-0.39, 0.29) is 24.2 Å². The molecule has 0 amide bonds. The molecule has 150 valence electrons. The van der Waals surface area contributed by atoms with Gasteiger partial charge in [0.25, 0.3) is 0 Å². The van der Waals surface area contributed by atoms with Crippen molar-refractivity contribution in [3.63, 3.8) is 0 Å². The van der Waals surface area contributed by atoms with Gasteiger partial charge in [-0.05, 0) is 26.8 Å². The van der Waals surface area contributed by atoms with Crippen LogP contribution in [0.15, 0.2) is 34.4 Å². The number of Topliss-reactive ketones (excluding diaryl/α,β-unsaturated/α-hetero) is 1. The zero-order chi connectivity index (χ0) is 20.5. The average Bonchev–Trinajstić information content (AvgIpc) is 3.30. The van der Waals surface area contributed by atoms with E-state index in [1.54, 1.807) is 20.8 Å². The molecule has 0 unspecified atom stereocenters. The largest absolute Gasteiger partial charge is 0.462 e. The number of thioether (sulfide) groups is 1. The molecule has 1 atom stereocenters. The summed E-state index contributed by atoms with van der Waals surface area (Å²) in [5.41, 5.74) is 4.08. The highest BCUT2D eigenvalue weighted by Crippen LogP contribution is 2.41. The zero-order valence-corrected chi connectivity index (χ0v) is 17.4. The maximum atomic E-state index is 13.0. The predicted molar refractivity (Wildman–Crippen MR) is 114 cm³/mol. The maximum Gasteiger partial charge on any atom is 0.340 e. The molecule has 2 aliphatic heterocycles. The number of esters is 1. The first-order valence-corrected chi connectivity index (χ1v) is 10.5. The van der Waals surface area contributed by atoms with Gasteiger partial charge >= 0.3 is 5.97 Å². The van der Waals surface area contributed by atoms with Gasteiger partial charge < -0.3 is 9.72 Å². The minimum atomic E-state index is -0.476. The lowest BCUT2D eigenvalue weighted by molar-refractivity contribution is 0.0522. The number of carbonyl (C=O) groups excluding carboxylic acids is 2. The molecular formula is C21H22N4O3S. The summed E-state index contributed by atoms with van der Waals surface area (Å²) in [7, 11) is 0. The minimum absolute atomic E-state index is 0.118. The highest BCUT2D eigenvalue weighted by atomic mass is 32.2. The quantitative estimate of drug-likeness (QED) is 0.591. The lowest BCUT2D eigenvalue weighted by Gasteiger charge is -2.29. The first-order valence-electron chi connectivity index (χ1n) is 9.52. The van der Waals surface area contributed by atoms with Crippen LogP contribution in [0.2, 0.25) is 0 Å². The van der Waals surface area contributed by atoms with Crippen LogP contribution in [0.5, 0.6) is 0 Å². The van der Waals surface area contributed by atoms with Crippen LogP contribution in [-0.4, -0.2) is 45.5 Å². The van der Waals surface area contributed by atoms with Crippen molar-refractivity contribution >= 4 is 40.6 Å². The fourth-order valence-corrected chi connectivity index (χ4v) is 4.65. The van der Waals surface area contributed by atoms with Crippen LogP contribution in [0.3, 0.4) is 0 Å². The number of hydrogen-bond acceptors (Lipinski definition) is 7. The van der Waals surface area contributed by atoms with Crippen LogP contribution >= 0.6 is 11.8 Å². The van der Waals surface area contributed by atoms with Crippen molar-refractivity contribution in [2.24, 2.45) is 10.1 Å². The van der Waals surface area contributed by atoms with Gasteiger partial charge in [-0.15, -0.1) is 0 Å². The highest BCUT2D eigenvalue weighted by Gasteiger charge is 2.33. The number of hydrazone groups is 1. The normalized spacial score (nSPS) is 17.0. The van der Waals surface area contributed by atoms with Crippen molar-refractivity contribution in [3.05, 3.63) is 52.3 Å². The Balaban J connectivity index is 1.57. The van der Waals surface area contributed by atoms with Crippen LogP contribution in [-0.2, 0) is 4.74 Å². The summed E-state index contributed by atoms with van der Waals surface area (Å²) in [4.78, 5) is 33.2. The van der Waals surface area contributed by atoms with Crippen molar-refractivity contribution < 1.29 is 14.3 Å². The number of H-pyrrole nitrogens is 1. The molecule has 0 bridgehead atoms. The molecule has 4 rings (SSSR count). The maximum absolute atomic E-state index is 13.0. The van der Waals surface area contributed by atoms with Crippen molar-refractivity contribution in [1.82, 2.24) is 9.99 Å². The van der Waals surface area contributed by atoms with Crippen LogP contribution in [0.1, 0.15) is 57.1 Å². The summed E-state index contributed by atoms with van der Waals surface area (Å²) in [6, 6.07) is 8.12. The van der Waals surface area contributed by atoms with Gasteiger partial charge in [-0.3, -0.25) is 4.79 Å². The second kappa shape index (κ2) is 7.87. The van der Waals surface area contributed by atoms with Crippen LogP contribution < -0.4 is 0 Å². The molecule has 2 aromatic rings. The number of amidine groups is 1. The molecular weight excluding hydrogens is 388 g/mol. The van der Waals surface area contributed by atoms with E-state index in [2.05, 4.69) is 16.2 Å². The molecule has 0 saturated heterocycles. The van der Waals surface area contributed by atoms with Gasteiger partial charge in [0, 0.05) is 29.6 Å². The topological polar surface area (TPSA) is 87.1 Å². The first-order chi connectivity index (χ1) is 14.0. The number of aliphatic imine (C=N–C) groups is 1. The van der Waals surface area contributed by atoms with Gasteiger partial charge in [0.1, 0.15) is 0 Å². The van der Waals surface area contributed by atoms with E-state index in [0.717, 1.165) is 17.7 Å². The standard InChI is InChI=1S/C21H22N4O3S/c1-4-28-20(27)19-13(3)23-12(2)18(19)17(26)11-29-21-24-15-8-6-5-7-14(15)16-9-10-22-25(16)21/h5-8,10,16,23H,4,9,11H2,1-3H3/t16-/m1/s1. The number of aryl methyl sites for hydroxylation is 2. The Hall–Kier alpha value is -2.87. The third-order valence-corrected chi connectivity index (χ3v) is 5.95. The SMILES string of the molecule is CCOC(=O)c1c(C)[nH]c(C)c1C(=O)CSC1=Nc2ccccc2[C@H]2CC=NN12. The molecule has 3 heterocycles. The van der Waals surface area contributed by atoms with E-state index in [0.29, 0.717) is 27.7 Å². The van der Waals surface area contributed by atoms with E-state index in [1.165, 1.54) is 11.8 Å². The Morgan fingerprint density at radius 3 is 2.79 bits per heavy atom. The number of ketones is 1. The van der Waals surface area contributed by atoms with E-state index >= 15 is 0 Å². The Bertz CT molecular complexity index is 1040. The number of carbonyl (C=O) groups is 2. The molecule has 2 aliphatic rings. The molecule has 8 heteroatoms. The summed E-state index contributed by atoms with van der Waals surface area (Å²) in [5, 5.41) is 7.02. The Morgan fingerprint density at radius 1 is 1.24 bits per heavy atom. The Kier molecular flexibility index (Phi) is 5.27.